The van der Waals surface area contributed by atoms with E-state index in [2.05, 4.69) is 9.46 Å². The van der Waals surface area contributed by atoms with Crippen molar-refractivity contribution in [1.82, 2.24) is 4.72 Å². The summed E-state index contributed by atoms with van der Waals surface area (Å²) in [7, 11) is -2.17. The molecular weight excluding hydrogens is 268 g/mol. The topological polar surface area (TPSA) is 75.7 Å². The van der Waals surface area contributed by atoms with Crippen molar-refractivity contribution in [2.75, 3.05) is 18.7 Å². The zero-order chi connectivity index (χ0) is 13.6. The van der Waals surface area contributed by atoms with Gasteiger partial charge in [0.25, 0.3) is 0 Å². The lowest BCUT2D eigenvalue weighted by Crippen LogP contribution is -2.44. The Kier molecular flexibility index (Phi) is 2.75. The molecule has 1 N–H and O–H groups in total. The summed E-state index contributed by atoms with van der Waals surface area (Å²) in [6.45, 7) is 0.255. The highest BCUT2D eigenvalue weighted by Crippen LogP contribution is 2.37. The second-order valence-electron chi connectivity index (χ2n) is 4.68. The molecule has 19 heavy (non-hydrogen) atoms. The number of hydrogen-bond donors (Lipinski definition) is 1. The number of anilines is 1. The van der Waals surface area contributed by atoms with Gasteiger partial charge in [0, 0.05) is 6.04 Å². The molecule has 6 nitrogen and oxygen atoms in total. The van der Waals surface area contributed by atoms with Crippen molar-refractivity contribution in [2.24, 2.45) is 0 Å². The number of methoxy groups -OCH3 is 1. The Morgan fingerprint density at radius 3 is 2.79 bits per heavy atom. The summed E-state index contributed by atoms with van der Waals surface area (Å²) in [5.41, 5.74) is 0.952. The summed E-state index contributed by atoms with van der Waals surface area (Å²) in [6, 6.07) is 4.88. The molecule has 0 aromatic heterocycles. The third kappa shape index (κ3) is 2.08. The maximum Gasteiger partial charge on any atom is 0.337 e. The molecule has 2 aliphatic rings. The fourth-order valence-corrected chi connectivity index (χ4v) is 3.41. The molecule has 3 rings (SSSR count). The fraction of sp³-hybridized carbons (Fsp3) is 0.417. The Hall–Kier alpha value is -1.60. The SMILES string of the molecule is COC(=O)c1ccc2c(c1)N(C1CC1)CNS2(=O)=O. The van der Waals surface area contributed by atoms with Crippen LogP contribution in [0.5, 0.6) is 0 Å². The molecule has 0 saturated heterocycles. The highest BCUT2D eigenvalue weighted by atomic mass is 32.2. The average molecular weight is 282 g/mol. The molecular formula is C12H14N2O4S. The minimum atomic E-state index is -3.47. The number of ether oxygens (including phenoxy) is 1. The molecule has 0 bridgehead atoms. The Morgan fingerprint density at radius 1 is 1.42 bits per heavy atom. The zero-order valence-electron chi connectivity index (χ0n) is 10.4. The molecule has 0 atom stereocenters. The minimum Gasteiger partial charge on any atom is -0.465 e. The number of carbonyl (C=O) groups is 1. The molecule has 1 aliphatic heterocycles. The van der Waals surface area contributed by atoms with E-state index in [-0.39, 0.29) is 11.6 Å². The van der Waals surface area contributed by atoms with E-state index >= 15 is 0 Å². The summed E-state index contributed by atoms with van der Waals surface area (Å²) in [5.74, 6) is -0.463. The van der Waals surface area contributed by atoms with Crippen molar-refractivity contribution in [1.29, 1.82) is 0 Å². The van der Waals surface area contributed by atoms with E-state index in [4.69, 9.17) is 0 Å². The van der Waals surface area contributed by atoms with Crippen molar-refractivity contribution in [3.8, 4) is 0 Å². The van der Waals surface area contributed by atoms with Crippen LogP contribution in [0.4, 0.5) is 5.69 Å². The molecule has 0 amide bonds. The first-order valence-corrected chi connectivity index (χ1v) is 7.50. The number of fused-ring (bicyclic) bond motifs is 1. The van der Waals surface area contributed by atoms with Gasteiger partial charge in [-0.3, -0.25) is 0 Å². The van der Waals surface area contributed by atoms with Crippen molar-refractivity contribution in [3.63, 3.8) is 0 Å². The van der Waals surface area contributed by atoms with E-state index < -0.39 is 16.0 Å². The molecule has 1 fully saturated rings. The van der Waals surface area contributed by atoms with Crippen LogP contribution in [0.25, 0.3) is 0 Å². The van der Waals surface area contributed by atoms with Gasteiger partial charge >= 0.3 is 5.97 Å². The Balaban J connectivity index is 2.12. The number of benzene rings is 1. The average Bonchev–Trinajstić information content (AvgIpc) is 3.22. The van der Waals surface area contributed by atoms with E-state index in [1.807, 2.05) is 4.90 Å². The van der Waals surface area contributed by atoms with Gasteiger partial charge in [-0.05, 0) is 31.0 Å². The molecule has 7 heteroatoms. The van der Waals surface area contributed by atoms with E-state index in [0.717, 1.165) is 12.8 Å². The smallest absolute Gasteiger partial charge is 0.337 e. The zero-order valence-corrected chi connectivity index (χ0v) is 11.2. The van der Waals surface area contributed by atoms with Crippen LogP contribution in [0, 0.1) is 0 Å². The summed E-state index contributed by atoms with van der Waals surface area (Å²) >= 11 is 0. The lowest BCUT2D eigenvalue weighted by Gasteiger charge is -2.31. The molecule has 1 heterocycles. The van der Waals surface area contributed by atoms with Crippen molar-refractivity contribution >= 4 is 21.7 Å². The standard InChI is InChI=1S/C12H14N2O4S/c1-18-12(15)8-2-5-11-10(6-8)14(9-3-4-9)7-13-19(11,16)17/h2,5-6,9,13H,3-4,7H2,1H3. The van der Waals surface area contributed by atoms with Gasteiger partial charge < -0.3 is 9.64 Å². The Labute approximate surface area is 111 Å². The Morgan fingerprint density at radius 2 is 2.16 bits per heavy atom. The van der Waals surface area contributed by atoms with Crippen molar-refractivity contribution in [3.05, 3.63) is 23.8 Å². The number of nitrogens with one attached hydrogen (secondary N) is 1. The number of rotatable bonds is 2. The van der Waals surface area contributed by atoms with E-state index in [1.165, 1.54) is 19.2 Å². The second kappa shape index (κ2) is 4.21. The van der Waals surface area contributed by atoms with Gasteiger partial charge in [-0.1, -0.05) is 0 Å². The lowest BCUT2D eigenvalue weighted by molar-refractivity contribution is 0.0600. The number of hydrogen-bond acceptors (Lipinski definition) is 5. The highest BCUT2D eigenvalue weighted by Gasteiger charge is 2.36. The molecule has 1 aliphatic carbocycles. The van der Waals surface area contributed by atoms with Crippen LogP contribution in [0.15, 0.2) is 23.1 Å². The summed E-state index contributed by atoms with van der Waals surface area (Å²) in [5, 5.41) is 0. The Bertz CT molecular complexity index is 637. The largest absolute Gasteiger partial charge is 0.465 e. The third-order valence-electron chi connectivity index (χ3n) is 3.39. The van der Waals surface area contributed by atoms with E-state index in [9.17, 15) is 13.2 Å². The third-order valence-corrected chi connectivity index (χ3v) is 4.82. The first kappa shape index (κ1) is 12.4. The van der Waals surface area contributed by atoms with Crippen LogP contribution < -0.4 is 9.62 Å². The molecule has 0 unspecified atom stereocenters. The normalized spacial score (nSPS) is 20.8. The number of carbonyl (C=O) groups excluding carboxylic acids is 1. The van der Waals surface area contributed by atoms with Crippen LogP contribution >= 0.6 is 0 Å². The predicted octanol–water partition coefficient (Wildman–Crippen LogP) is 0.691. The van der Waals surface area contributed by atoms with Gasteiger partial charge in [-0.2, -0.15) is 4.72 Å². The molecule has 0 radical (unpaired) electrons. The van der Waals surface area contributed by atoms with Crippen LogP contribution in [0.1, 0.15) is 23.2 Å². The highest BCUT2D eigenvalue weighted by molar-refractivity contribution is 7.89. The van der Waals surface area contributed by atoms with Gasteiger partial charge in [0.1, 0.15) is 4.90 Å². The molecule has 1 aromatic carbocycles. The number of nitrogens with zero attached hydrogens (tertiary/aromatic N) is 1. The van der Waals surface area contributed by atoms with Crippen LogP contribution in [-0.2, 0) is 14.8 Å². The van der Waals surface area contributed by atoms with Gasteiger partial charge in [0.15, 0.2) is 0 Å². The van der Waals surface area contributed by atoms with Crippen molar-refractivity contribution in [2.45, 2.75) is 23.8 Å². The maximum absolute atomic E-state index is 12.0. The monoisotopic (exact) mass is 282 g/mol. The number of esters is 1. The van der Waals surface area contributed by atoms with E-state index in [0.29, 0.717) is 17.3 Å². The second-order valence-corrected chi connectivity index (χ2v) is 6.42. The van der Waals surface area contributed by atoms with Crippen LogP contribution in [0.2, 0.25) is 0 Å². The van der Waals surface area contributed by atoms with Gasteiger partial charge in [-0.15, -0.1) is 0 Å². The van der Waals surface area contributed by atoms with Gasteiger partial charge in [0.2, 0.25) is 10.0 Å². The molecule has 1 saturated carbocycles. The summed E-state index contributed by atoms with van der Waals surface area (Å²) in [4.78, 5) is 13.8. The van der Waals surface area contributed by atoms with Gasteiger partial charge in [-0.25, -0.2) is 13.2 Å². The number of sulfonamides is 1. The summed E-state index contributed by atoms with van der Waals surface area (Å²) < 4.78 is 31.1. The first-order valence-electron chi connectivity index (χ1n) is 6.01. The molecule has 0 spiro atoms. The molecule has 1 aromatic rings. The molecule has 102 valence electrons. The summed E-state index contributed by atoms with van der Waals surface area (Å²) in [6.07, 6.45) is 2.09. The van der Waals surface area contributed by atoms with Crippen LogP contribution in [-0.4, -0.2) is 34.2 Å². The predicted molar refractivity (Wildman–Crippen MR) is 68.5 cm³/mol. The van der Waals surface area contributed by atoms with Crippen molar-refractivity contribution < 1.29 is 17.9 Å². The van der Waals surface area contributed by atoms with Gasteiger partial charge in [0.05, 0.1) is 25.0 Å². The van der Waals surface area contributed by atoms with E-state index in [1.54, 1.807) is 6.07 Å². The fourth-order valence-electron chi connectivity index (χ4n) is 2.24. The van der Waals surface area contributed by atoms with Crippen LogP contribution in [0.3, 0.4) is 0 Å². The maximum atomic E-state index is 12.0. The lowest BCUT2D eigenvalue weighted by atomic mass is 10.2. The quantitative estimate of drug-likeness (QED) is 0.808. The minimum absolute atomic E-state index is 0.221. The first-order chi connectivity index (χ1) is 9.03.